The van der Waals surface area contributed by atoms with Crippen LogP contribution >= 0.6 is 0 Å². The van der Waals surface area contributed by atoms with Crippen molar-refractivity contribution in [2.45, 2.75) is 57.8 Å². The summed E-state index contributed by atoms with van der Waals surface area (Å²) in [6.07, 6.45) is 1.20. The van der Waals surface area contributed by atoms with Crippen molar-refractivity contribution >= 4 is 33.6 Å². The fourth-order valence-corrected chi connectivity index (χ4v) is 7.03. The van der Waals surface area contributed by atoms with Gasteiger partial charge in [0.25, 0.3) is 0 Å². The van der Waals surface area contributed by atoms with Crippen molar-refractivity contribution < 1.29 is 27.9 Å². The number of nitrogens with one attached hydrogen (secondary N) is 2. The molecule has 246 valence electrons. The molecule has 0 radical (unpaired) electrons. The number of piperidine rings is 1. The van der Waals surface area contributed by atoms with Crippen molar-refractivity contribution in [2.75, 3.05) is 19.6 Å². The molecule has 1 aliphatic rings. The van der Waals surface area contributed by atoms with Gasteiger partial charge in [-0.1, -0.05) is 36.4 Å². The average molecular weight is 646 g/mol. The molecule has 1 atom stereocenters. The summed E-state index contributed by atoms with van der Waals surface area (Å²) in [4.78, 5) is 34.5. The van der Waals surface area contributed by atoms with Gasteiger partial charge in [-0.25, -0.2) is 5.01 Å². The van der Waals surface area contributed by atoms with Gasteiger partial charge in [-0.05, 0) is 72.2 Å². The lowest BCUT2D eigenvalue weighted by molar-refractivity contribution is -0.158. The molecule has 3 aromatic carbocycles. The van der Waals surface area contributed by atoms with Crippen LogP contribution in [0.4, 0.5) is 13.2 Å². The number of amides is 2. The summed E-state index contributed by atoms with van der Waals surface area (Å²) in [6, 6.07) is 17.8. The fraction of sp³-hybridized carbons (Fsp3) is 0.333. The second-order valence-electron chi connectivity index (χ2n) is 12.3. The number of phenols is 1. The Morgan fingerprint density at radius 1 is 0.894 bits per heavy atom. The molecule has 2 amide bonds. The Kier molecular flexibility index (Phi) is 9.01. The van der Waals surface area contributed by atoms with Crippen LogP contribution in [-0.2, 0) is 28.7 Å². The van der Waals surface area contributed by atoms with Crippen LogP contribution in [0.3, 0.4) is 0 Å². The van der Waals surface area contributed by atoms with Crippen molar-refractivity contribution in [3.8, 4) is 5.75 Å². The zero-order valence-electron chi connectivity index (χ0n) is 26.3. The van der Waals surface area contributed by atoms with E-state index in [2.05, 4.69) is 9.97 Å². The highest BCUT2D eigenvalue weighted by Gasteiger charge is 2.36. The molecule has 11 heteroatoms. The van der Waals surface area contributed by atoms with Gasteiger partial charge < -0.3 is 20.0 Å². The normalized spacial score (nSPS) is 15.3. The first kappa shape index (κ1) is 32.2. The third-order valence-electron chi connectivity index (χ3n) is 9.27. The Labute approximate surface area is 270 Å². The smallest absolute Gasteiger partial charge is 0.416 e. The summed E-state index contributed by atoms with van der Waals surface area (Å²) in [5.41, 5.74) is 3.16. The number of hydrogen-bond donors (Lipinski definition) is 3. The van der Waals surface area contributed by atoms with E-state index >= 15 is 0 Å². The summed E-state index contributed by atoms with van der Waals surface area (Å²) in [7, 11) is 0. The zero-order chi connectivity index (χ0) is 33.3. The molecule has 0 spiro atoms. The van der Waals surface area contributed by atoms with E-state index in [1.165, 1.54) is 36.9 Å². The minimum atomic E-state index is -4.57. The van der Waals surface area contributed by atoms with E-state index in [-0.39, 0.29) is 42.1 Å². The summed E-state index contributed by atoms with van der Waals surface area (Å²) >= 11 is 0. The van der Waals surface area contributed by atoms with Gasteiger partial charge in [-0.15, -0.1) is 0 Å². The molecule has 1 saturated heterocycles. The minimum absolute atomic E-state index is 0.000925. The number of rotatable bonds is 9. The van der Waals surface area contributed by atoms with E-state index in [1.54, 1.807) is 17.1 Å². The Balaban J connectivity index is 1.29. The molecule has 8 nitrogen and oxygen atoms in total. The minimum Gasteiger partial charge on any atom is -0.508 e. The maximum absolute atomic E-state index is 13.9. The number of benzene rings is 3. The highest BCUT2D eigenvalue weighted by atomic mass is 19.4. The number of aromatic hydroxyl groups is 1. The lowest BCUT2D eigenvalue weighted by atomic mass is 9.89. The number of para-hydroxylation sites is 1. The van der Waals surface area contributed by atoms with Crippen LogP contribution in [0.1, 0.15) is 54.9 Å². The number of alkyl halides is 3. The molecule has 3 heterocycles. The van der Waals surface area contributed by atoms with Crippen molar-refractivity contribution in [2.24, 2.45) is 0 Å². The molecule has 2 aromatic heterocycles. The molecule has 0 bridgehead atoms. The number of aromatic amines is 2. The number of H-pyrrole nitrogens is 2. The largest absolute Gasteiger partial charge is 0.508 e. The maximum atomic E-state index is 13.9. The number of aromatic nitrogens is 2. The lowest BCUT2D eigenvalue weighted by Gasteiger charge is -2.44. The van der Waals surface area contributed by atoms with Crippen LogP contribution in [0.25, 0.3) is 21.8 Å². The number of halogens is 3. The van der Waals surface area contributed by atoms with Crippen LogP contribution < -0.4 is 0 Å². The van der Waals surface area contributed by atoms with Crippen LogP contribution in [0.5, 0.6) is 5.75 Å². The van der Waals surface area contributed by atoms with E-state index in [9.17, 15) is 27.9 Å². The average Bonchev–Trinajstić information content (AvgIpc) is 3.64. The fourth-order valence-electron chi connectivity index (χ4n) is 7.03. The predicted octanol–water partition coefficient (Wildman–Crippen LogP) is 6.98. The van der Waals surface area contributed by atoms with Gasteiger partial charge in [-0.3, -0.25) is 14.6 Å². The Morgan fingerprint density at radius 3 is 2.30 bits per heavy atom. The molecule has 1 aliphatic heterocycles. The summed E-state index contributed by atoms with van der Waals surface area (Å²) in [5.74, 6) is -0.179. The van der Waals surface area contributed by atoms with Gasteiger partial charge in [0.2, 0.25) is 11.8 Å². The number of phenolic OH excluding ortho intramolecular Hbond substituents is 1. The molecule has 0 unspecified atom stereocenters. The first-order chi connectivity index (χ1) is 22.5. The number of nitrogens with zero attached hydrogens (tertiary/aromatic N) is 3. The molecule has 0 aliphatic carbocycles. The molecular weight excluding hydrogens is 607 g/mol. The van der Waals surface area contributed by atoms with Crippen LogP contribution in [-0.4, -0.2) is 67.5 Å². The number of fused-ring (bicyclic) bond motifs is 2. The Morgan fingerprint density at radius 2 is 1.57 bits per heavy atom. The number of carbonyl (C=O) groups excluding carboxylic acids is 2. The van der Waals surface area contributed by atoms with Crippen molar-refractivity contribution in [1.29, 1.82) is 0 Å². The number of carbonyl (C=O) groups is 2. The van der Waals surface area contributed by atoms with Crippen LogP contribution in [0, 0.1) is 0 Å². The molecule has 0 saturated carbocycles. The third kappa shape index (κ3) is 6.85. The quantitative estimate of drug-likeness (QED) is 0.161. The van der Waals surface area contributed by atoms with Gasteiger partial charge in [0.05, 0.1) is 11.6 Å². The van der Waals surface area contributed by atoms with E-state index in [0.717, 1.165) is 51.8 Å². The molecule has 47 heavy (non-hydrogen) atoms. The molecule has 1 fully saturated rings. The second kappa shape index (κ2) is 13.2. The highest BCUT2D eigenvalue weighted by molar-refractivity contribution is 5.85. The van der Waals surface area contributed by atoms with Crippen molar-refractivity contribution in [1.82, 2.24) is 24.9 Å². The molecule has 5 aromatic rings. The first-order valence-electron chi connectivity index (χ1n) is 15.8. The highest BCUT2D eigenvalue weighted by Crippen LogP contribution is 2.36. The first-order valence-corrected chi connectivity index (χ1v) is 15.8. The molecule has 3 N–H and O–H groups in total. The van der Waals surface area contributed by atoms with Crippen molar-refractivity contribution in [3.05, 3.63) is 101 Å². The molecule has 6 rings (SSSR count). The molecular formula is C36H38F3N5O3. The van der Waals surface area contributed by atoms with Crippen LogP contribution in [0.2, 0.25) is 0 Å². The standard InChI is InChI=1S/C36H38F3N5O3/c1-23(45)42(21-26-7-3-5-9-33(26)36(37,38)39)22-28(17-27-19-40-34-10-6-4-8-30(27)34)44(24(2)46)43-15-13-25(14-16-43)32-20-41-35-12-11-29(47)18-31(32)35/h3-12,18-20,25,28,40-41,47H,13-17,21-22H2,1-2H3/t28-/m1/s1. The van der Waals surface area contributed by atoms with Gasteiger partial charge in [-0.2, -0.15) is 13.2 Å². The summed E-state index contributed by atoms with van der Waals surface area (Å²) < 4.78 is 41.7. The maximum Gasteiger partial charge on any atom is 0.416 e. The van der Waals surface area contributed by atoms with Gasteiger partial charge in [0.1, 0.15) is 5.75 Å². The van der Waals surface area contributed by atoms with Gasteiger partial charge in [0, 0.05) is 74.2 Å². The topological polar surface area (TPSA) is 95.7 Å². The predicted molar refractivity (Wildman–Crippen MR) is 174 cm³/mol. The Bertz CT molecular complexity index is 1890. The SMILES string of the molecule is CC(=O)N(Cc1ccccc1C(F)(F)F)C[C@@H](Cc1c[nH]c2ccccc12)N(C(C)=O)N1CCC(c2c[nH]c3ccc(O)cc23)CC1. The summed E-state index contributed by atoms with van der Waals surface area (Å²) in [6.45, 7) is 3.78. The van der Waals surface area contributed by atoms with E-state index in [1.807, 2.05) is 47.7 Å². The third-order valence-corrected chi connectivity index (χ3v) is 9.27. The van der Waals surface area contributed by atoms with Crippen molar-refractivity contribution in [3.63, 3.8) is 0 Å². The van der Waals surface area contributed by atoms with E-state index in [4.69, 9.17) is 0 Å². The summed E-state index contributed by atoms with van der Waals surface area (Å²) in [5, 5.41) is 15.8. The number of hydrogen-bond acceptors (Lipinski definition) is 4. The monoisotopic (exact) mass is 645 g/mol. The van der Waals surface area contributed by atoms with Gasteiger partial charge >= 0.3 is 6.18 Å². The van der Waals surface area contributed by atoms with E-state index < -0.39 is 17.8 Å². The van der Waals surface area contributed by atoms with Crippen LogP contribution in [0.15, 0.2) is 79.1 Å². The second-order valence-corrected chi connectivity index (χ2v) is 12.3. The lowest BCUT2D eigenvalue weighted by Crippen LogP contribution is -2.57. The van der Waals surface area contributed by atoms with Gasteiger partial charge in [0.15, 0.2) is 0 Å². The zero-order valence-corrected chi connectivity index (χ0v) is 26.3. The number of hydrazine groups is 1. The van der Waals surface area contributed by atoms with E-state index in [0.29, 0.717) is 19.5 Å². The Hall–Kier alpha value is -4.77.